The summed E-state index contributed by atoms with van der Waals surface area (Å²) in [6, 6.07) is 10.8. The molecule has 2 heterocycles. The lowest BCUT2D eigenvalue weighted by atomic mass is 10.1. The van der Waals surface area contributed by atoms with Crippen LogP contribution in [0.15, 0.2) is 36.7 Å². The number of aryl methyl sites for hydroxylation is 1. The zero-order valence-corrected chi connectivity index (χ0v) is 13.2. The molecule has 5 nitrogen and oxygen atoms in total. The molecule has 1 fully saturated rings. The smallest absolute Gasteiger partial charge is 0.317 e. The highest BCUT2D eigenvalue weighted by Crippen LogP contribution is 2.40. The van der Waals surface area contributed by atoms with Crippen molar-refractivity contribution in [3.63, 3.8) is 0 Å². The van der Waals surface area contributed by atoms with E-state index in [0.717, 1.165) is 44.5 Å². The van der Waals surface area contributed by atoms with Crippen LogP contribution in [0.4, 0.5) is 4.79 Å². The molecule has 2 aliphatic rings. The minimum atomic E-state index is 0.0763. The fraction of sp³-hybridized carbons (Fsp3) is 0.444. The number of rotatable bonds is 2. The van der Waals surface area contributed by atoms with E-state index in [1.807, 2.05) is 11.0 Å². The van der Waals surface area contributed by atoms with Gasteiger partial charge in [-0.05, 0) is 24.8 Å². The molecule has 0 bridgehead atoms. The van der Waals surface area contributed by atoms with E-state index >= 15 is 0 Å². The van der Waals surface area contributed by atoms with Gasteiger partial charge >= 0.3 is 6.03 Å². The normalized spacial score (nSPS) is 23.6. The largest absolute Gasteiger partial charge is 0.348 e. The summed E-state index contributed by atoms with van der Waals surface area (Å²) >= 11 is 0. The number of aromatic amines is 1. The van der Waals surface area contributed by atoms with Crippen LogP contribution in [0.25, 0.3) is 0 Å². The van der Waals surface area contributed by atoms with Gasteiger partial charge in [-0.1, -0.05) is 30.3 Å². The number of benzene rings is 1. The van der Waals surface area contributed by atoms with Gasteiger partial charge in [-0.25, -0.2) is 9.78 Å². The predicted octanol–water partition coefficient (Wildman–Crippen LogP) is 2.47. The van der Waals surface area contributed by atoms with Crippen molar-refractivity contribution in [3.8, 4) is 0 Å². The number of nitrogens with one attached hydrogen (secondary N) is 2. The molecule has 1 aliphatic heterocycles. The summed E-state index contributed by atoms with van der Waals surface area (Å²) in [5.41, 5.74) is 3.67. The highest BCUT2D eigenvalue weighted by Gasteiger charge is 2.40. The molecule has 1 aliphatic carbocycles. The minimum absolute atomic E-state index is 0.0763. The van der Waals surface area contributed by atoms with Crippen molar-refractivity contribution in [1.29, 1.82) is 0 Å². The Morgan fingerprint density at radius 3 is 2.96 bits per heavy atom. The van der Waals surface area contributed by atoms with Gasteiger partial charge in [0.1, 0.15) is 0 Å². The first-order valence-electron chi connectivity index (χ1n) is 8.43. The molecule has 0 unspecified atom stereocenters. The lowest BCUT2D eigenvalue weighted by Gasteiger charge is -2.25. The maximum Gasteiger partial charge on any atom is 0.317 e. The quantitative estimate of drug-likeness (QED) is 0.895. The standard InChI is InChI=1S/C18H22N4O/c23-18(21-17-11-14(17)13-5-2-1-3-6-13)22-9-4-7-15-16(8-10-22)20-12-19-15/h1-3,5-6,12,14,17H,4,7-11H2,(H,19,20)(H,21,23)/t14-,17+/m0/s1. The van der Waals surface area contributed by atoms with Gasteiger partial charge in [-0.2, -0.15) is 0 Å². The summed E-state index contributed by atoms with van der Waals surface area (Å²) in [5.74, 6) is 0.479. The predicted molar refractivity (Wildman–Crippen MR) is 88.3 cm³/mol. The van der Waals surface area contributed by atoms with Gasteiger partial charge in [-0.15, -0.1) is 0 Å². The molecule has 0 saturated heterocycles. The number of carbonyl (C=O) groups is 1. The third kappa shape index (κ3) is 3.09. The Morgan fingerprint density at radius 1 is 1.22 bits per heavy atom. The molecule has 23 heavy (non-hydrogen) atoms. The van der Waals surface area contributed by atoms with E-state index in [0.29, 0.717) is 5.92 Å². The van der Waals surface area contributed by atoms with Crippen molar-refractivity contribution in [2.45, 2.75) is 37.6 Å². The number of carbonyl (C=O) groups excluding carboxylic acids is 1. The molecule has 1 saturated carbocycles. The van der Waals surface area contributed by atoms with Crippen LogP contribution >= 0.6 is 0 Å². The maximum atomic E-state index is 12.5. The molecule has 0 spiro atoms. The van der Waals surface area contributed by atoms with Crippen LogP contribution in [0.3, 0.4) is 0 Å². The second-order valence-corrected chi connectivity index (χ2v) is 6.48. The summed E-state index contributed by atoms with van der Waals surface area (Å²) in [7, 11) is 0. The zero-order valence-electron chi connectivity index (χ0n) is 13.2. The molecular formula is C18H22N4O. The van der Waals surface area contributed by atoms with E-state index in [2.05, 4.69) is 39.6 Å². The second kappa shape index (κ2) is 6.07. The second-order valence-electron chi connectivity index (χ2n) is 6.48. The summed E-state index contributed by atoms with van der Waals surface area (Å²) < 4.78 is 0. The highest BCUT2D eigenvalue weighted by molar-refractivity contribution is 5.75. The SMILES string of the molecule is O=C(N[C@@H]1C[C@H]1c1ccccc1)N1CCCc2[nH]cnc2CC1. The number of fused-ring (bicyclic) bond motifs is 1. The highest BCUT2D eigenvalue weighted by atomic mass is 16.2. The number of nitrogens with zero attached hydrogens (tertiary/aromatic N) is 2. The third-order valence-electron chi connectivity index (χ3n) is 4.90. The van der Waals surface area contributed by atoms with Gasteiger partial charge in [0, 0.05) is 37.2 Å². The van der Waals surface area contributed by atoms with Crippen LogP contribution in [0.1, 0.15) is 35.7 Å². The number of hydrogen-bond donors (Lipinski definition) is 2. The minimum Gasteiger partial charge on any atom is -0.348 e. The molecule has 2 N–H and O–H groups in total. The van der Waals surface area contributed by atoms with E-state index < -0.39 is 0 Å². The van der Waals surface area contributed by atoms with Gasteiger partial charge in [0.15, 0.2) is 0 Å². The Kier molecular flexibility index (Phi) is 3.77. The monoisotopic (exact) mass is 310 g/mol. The first-order chi connectivity index (χ1) is 11.3. The Hall–Kier alpha value is -2.30. The van der Waals surface area contributed by atoms with E-state index in [-0.39, 0.29) is 12.1 Å². The van der Waals surface area contributed by atoms with Gasteiger partial charge in [0.05, 0.1) is 12.0 Å². The van der Waals surface area contributed by atoms with E-state index in [1.165, 1.54) is 11.3 Å². The van der Waals surface area contributed by atoms with Crippen LogP contribution in [-0.4, -0.2) is 40.0 Å². The molecule has 0 radical (unpaired) electrons. The van der Waals surface area contributed by atoms with Crippen LogP contribution in [-0.2, 0) is 12.8 Å². The van der Waals surface area contributed by atoms with Crippen molar-refractivity contribution in [1.82, 2.24) is 20.2 Å². The summed E-state index contributed by atoms with van der Waals surface area (Å²) in [6.45, 7) is 1.55. The van der Waals surface area contributed by atoms with Gasteiger partial charge in [0.2, 0.25) is 0 Å². The number of hydrogen-bond acceptors (Lipinski definition) is 2. The molecule has 2 amide bonds. The lowest BCUT2D eigenvalue weighted by Crippen LogP contribution is -2.43. The maximum absolute atomic E-state index is 12.5. The Morgan fingerprint density at radius 2 is 2.09 bits per heavy atom. The summed E-state index contributed by atoms with van der Waals surface area (Å²) in [5, 5.41) is 3.20. The Labute approximate surface area is 136 Å². The first-order valence-corrected chi connectivity index (χ1v) is 8.43. The molecular weight excluding hydrogens is 288 g/mol. The summed E-state index contributed by atoms with van der Waals surface area (Å²) in [4.78, 5) is 22.0. The number of imidazole rings is 1. The molecule has 5 heteroatoms. The van der Waals surface area contributed by atoms with Gasteiger partial charge in [-0.3, -0.25) is 0 Å². The number of urea groups is 1. The van der Waals surface area contributed by atoms with E-state index in [4.69, 9.17) is 0 Å². The lowest BCUT2D eigenvalue weighted by molar-refractivity contribution is 0.196. The molecule has 120 valence electrons. The Bertz CT molecular complexity index is 681. The van der Waals surface area contributed by atoms with Crippen molar-refractivity contribution < 1.29 is 4.79 Å². The topological polar surface area (TPSA) is 61.0 Å². The summed E-state index contributed by atoms with van der Waals surface area (Å²) in [6.07, 6.45) is 5.59. The molecule has 1 aromatic heterocycles. The fourth-order valence-electron chi connectivity index (χ4n) is 3.46. The molecule has 1 aromatic carbocycles. The average Bonchev–Trinajstić information content (AvgIpc) is 3.18. The van der Waals surface area contributed by atoms with E-state index in [9.17, 15) is 4.79 Å². The van der Waals surface area contributed by atoms with Crippen molar-refractivity contribution in [3.05, 3.63) is 53.6 Å². The van der Waals surface area contributed by atoms with Crippen molar-refractivity contribution in [2.75, 3.05) is 13.1 Å². The van der Waals surface area contributed by atoms with E-state index in [1.54, 1.807) is 6.33 Å². The van der Waals surface area contributed by atoms with Gasteiger partial charge in [0.25, 0.3) is 0 Å². The average molecular weight is 310 g/mol. The number of aromatic nitrogens is 2. The van der Waals surface area contributed by atoms with Crippen LogP contribution in [0.5, 0.6) is 0 Å². The van der Waals surface area contributed by atoms with Crippen molar-refractivity contribution >= 4 is 6.03 Å². The van der Waals surface area contributed by atoms with Crippen molar-refractivity contribution in [2.24, 2.45) is 0 Å². The molecule has 2 aromatic rings. The fourth-order valence-corrected chi connectivity index (χ4v) is 3.46. The Balaban J connectivity index is 1.33. The molecule has 4 rings (SSSR count). The van der Waals surface area contributed by atoms with Crippen LogP contribution in [0, 0.1) is 0 Å². The van der Waals surface area contributed by atoms with Gasteiger partial charge < -0.3 is 15.2 Å². The third-order valence-corrected chi connectivity index (χ3v) is 4.90. The molecule has 2 atom stereocenters. The number of amides is 2. The van der Waals surface area contributed by atoms with Crippen LogP contribution < -0.4 is 5.32 Å². The first kappa shape index (κ1) is 14.3. The van der Waals surface area contributed by atoms with Crippen LogP contribution in [0.2, 0.25) is 0 Å². The zero-order chi connectivity index (χ0) is 15.6. The number of H-pyrrole nitrogens is 1.